The van der Waals surface area contributed by atoms with Gasteiger partial charge in [0.05, 0.1) is 6.61 Å². The number of hydrogen-bond acceptors (Lipinski definition) is 1. The zero-order chi connectivity index (χ0) is 10.9. The van der Waals surface area contributed by atoms with Crippen molar-refractivity contribution in [1.29, 1.82) is 0 Å². The second kappa shape index (κ2) is 3.92. The molecule has 1 aromatic carbocycles. The second-order valence-electron chi connectivity index (χ2n) is 4.44. The van der Waals surface area contributed by atoms with Crippen LogP contribution in [0.25, 0.3) is 0 Å². The quantitative estimate of drug-likeness (QED) is 0.798. The molecule has 0 bridgehead atoms. The monoisotopic (exact) mass is 212 g/mol. The topological polar surface area (TPSA) is 20.2 Å². The minimum Gasteiger partial charge on any atom is -0.395 e. The van der Waals surface area contributed by atoms with E-state index in [0.29, 0.717) is 0 Å². The summed E-state index contributed by atoms with van der Waals surface area (Å²) in [6.45, 7) is 8.28. The molecule has 0 spiro atoms. The molecule has 78 valence electrons. The molecule has 1 nitrogen and oxygen atoms in total. The van der Waals surface area contributed by atoms with Gasteiger partial charge < -0.3 is 5.11 Å². The average Bonchev–Trinajstić information content (AvgIpc) is 2.11. The molecule has 0 fully saturated rings. The van der Waals surface area contributed by atoms with Crippen LogP contribution in [-0.4, -0.2) is 11.7 Å². The van der Waals surface area contributed by atoms with E-state index in [-0.39, 0.29) is 12.0 Å². The highest BCUT2D eigenvalue weighted by atomic mass is 35.5. The van der Waals surface area contributed by atoms with Crippen molar-refractivity contribution in [3.8, 4) is 0 Å². The van der Waals surface area contributed by atoms with Crippen LogP contribution in [0.4, 0.5) is 0 Å². The lowest BCUT2D eigenvalue weighted by atomic mass is 9.82. The summed E-state index contributed by atoms with van der Waals surface area (Å²) in [5.74, 6) is 0. The van der Waals surface area contributed by atoms with Crippen LogP contribution < -0.4 is 0 Å². The summed E-state index contributed by atoms with van der Waals surface area (Å²) >= 11 is 6.00. The highest BCUT2D eigenvalue weighted by molar-refractivity contribution is 6.30. The normalized spacial score (nSPS) is 11.9. The molecule has 0 amide bonds. The van der Waals surface area contributed by atoms with Crippen molar-refractivity contribution in [2.24, 2.45) is 0 Å². The van der Waals surface area contributed by atoms with Crippen LogP contribution in [0, 0.1) is 13.8 Å². The molecule has 0 aromatic heterocycles. The number of aryl methyl sites for hydroxylation is 1. The minimum atomic E-state index is -0.222. The summed E-state index contributed by atoms with van der Waals surface area (Å²) in [4.78, 5) is 0. The van der Waals surface area contributed by atoms with E-state index in [2.05, 4.69) is 6.92 Å². The first-order chi connectivity index (χ1) is 6.38. The summed E-state index contributed by atoms with van der Waals surface area (Å²) in [6.07, 6.45) is 0. The van der Waals surface area contributed by atoms with Crippen LogP contribution in [0.2, 0.25) is 5.02 Å². The standard InChI is InChI=1S/C12H17ClO/c1-8-5-10(13)6-11(9(8)2)12(3,4)7-14/h5-6,14H,7H2,1-4H3. The van der Waals surface area contributed by atoms with E-state index in [9.17, 15) is 5.11 Å². The number of halogens is 1. The molecular formula is C12H17ClO. The fraction of sp³-hybridized carbons (Fsp3) is 0.500. The number of hydrogen-bond donors (Lipinski definition) is 1. The molecule has 1 N–H and O–H groups in total. The Balaban J connectivity index is 3.34. The number of benzene rings is 1. The molecule has 0 aliphatic rings. The van der Waals surface area contributed by atoms with E-state index in [1.165, 1.54) is 11.1 Å². The Kier molecular flexibility index (Phi) is 3.23. The maximum atomic E-state index is 9.31. The summed E-state index contributed by atoms with van der Waals surface area (Å²) in [5, 5.41) is 10.1. The Morgan fingerprint density at radius 1 is 1.29 bits per heavy atom. The molecular weight excluding hydrogens is 196 g/mol. The van der Waals surface area contributed by atoms with Gasteiger partial charge in [0, 0.05) is 10.4 Å². The molecule has 0 saturated carbocycles. The predicted octanol–water partition coefficient (Wildman–Crippen LogP) is 3.23. The van der Waals surface area contributed by atoms with Crippen molar-refractivity contribution < 1.29 is 5.11 Å². The van der Waals surface area contributed by atoms with E-state index < -0.39 is 0 Å². The predicted molar refractivity (Wildman–Crippen MR) is 61.0 cm³/mol. The highest BCUT2D eigenvalue weighted by Gasteiger charge is 2.22. The van der Waals surface area contributed by atoms with Crippen molar-refractivity contribution in [3.05, 3.63) is 33.8 Å². The smallest absolute Gasteiger partial charge is 0.0522 e. The maximum Gasteiger partial charge on any atom is 0.0522 e. The number of aliphatic hydroxyl groups excluding tert-OH is 1. The van der Waals surface area contributed by atoms with Gasteiger partial charge in [0.1, 0.15) is 0 Å². The number of aliphatic hydroxyl groups is 1. The van der Waals surface area contributed by atoms with E-state index >= 15 is 0 Å². The Hall–Kier alpha value is -0.530. The Labute approximate surface area is 90.7 Å². The zero-order valence-electron chi connectivity index (χ0n) is 9.19. The lowest BCUT2D eigenvalue weighted by Gasteiger charge is -2.25. The van der Waals surface area contributed by atoms with Gasteiger partial charge in [0.2, 0.25) is 0 Å². The largest absolute Gasteiger partial charge is 0.395 e. The molecule has 0 aliphatic heterocycles. The SMILES string of the molecule is Cc1cc(Cl)cc(C(C)(C)CO)c1C. The first-order valence-electron chi connectivity index (χ1n) is 4.76. The van der Waals surface area contributed by atoms with Gasteiger partial charge in [-0.1, -0.05) is 25.4 Å². The minimum absolute atomic E-state index is 0.133. The first kappa shape index (κ1) is 11.5. The van der Waals surface area contributed by atoms with Crippen molar-refractivity contribution in [2.75, 3.05) is 6.61 Å². The summed E-state index contributed by atoms with van der Waals surface area (Å²) < 4.78 is 0. The van der Waals surface area contributed by atoms with E-state index in [0.717, 1.165) is 10.6 Å². The zero-order valence-corrected chi connectivity index (χ0v) is 9.94. The van der Waals surface area contributed by atoms with E-state index in [1.54, 1.807) is 0 Å². The molecule has 0 aliphatic carbocycles. The molecule has 2 heteroatoms. The Morgan fingerprint density at radius 3 is 2.36 bits per heavy atom. The van der Waals surface area contributed by atoms with Gasteiger partial charge in [0.25, 0.3) is 0 Å². The molecule has 1 rings (SSSR count). The average molecular weight is 213 g/mol. The first-order valence-corrected chi connectivity index (χ1v) is 5.14. The summed E-state index contributed by atoms with van der Waals surface area (Å²) in [7, 11) is 0. The Bertz CT molecular complexity index is 342. The fourth-order valence-corrected chi connectivity index (χ4v) is 1.88. The molecule has 0 atom stereocenters. The number of rotatable bonds is 2. The van der Waals surface area contributed by atoms with Gasteiger partial charge in [-0.2, -0.15) is 0 Å². The summed E-state index contributed by atoms with van der Waals surface area (Å²) in [6, 6.07) is 3.90. The third kappa shape index (κ3) is 2.10. The molecule has 0 unspecified atom stereocenters. The van der Waals surface area contributed by atoms with E-state index in [1.807, 2.05) is 32.9 Å². The van der Waals surface area contributed by atoms with Gasteiger partial charge in [-0.05, 0) is 42.7 Å². The van der Waals surface area contributed by atoms with Gasteiger partial charge in [-0.25, -0.2) is 0 Å². The molecule has 14 heavy (non-hydrogen) atoms. The van der Waals surface area contributed by atoms with Crippen LogP contribution in [0.15, 0.2) is 12.1 Å². The molecule has 0 heterocycles. The van der Waals surface area contributed by atoms with Gasteiger partial charge in [-0.15, -0.1) is 0 Å². The third-order valence-electron chi connectivity index (χ3n) is 2.76. The van der Waals surface area contributed by atoms with Crippen molar-refractivity contribution in [3.63, 3.8) is 0 Å². The van der Waals surface area contributed by atoms with Gasteiger partial charge >= 0.3 is 0 Å². The van der Waals surface area contributed by atoms with Crippen LogP contribution in [0.5, 0.6) is 0 Å². The second-order valence-corrected chi connectivity index (χ2v) is 4.87. The Morgan fingerprint density at radius 2 is 1.86 bits per heavy atom. The third-order valence-corrected chi connectivity index (χ3v) is 2.97. The molecule has 0 radical (unpaired) electrons. The van der Waals surface area contributed by atoms with E-state index in [4.69, 9.17) is 11.6 Å². The van der Waals surface area contributed by atoms with Crippen LogP contribution >= 0.6 is 11.6 Å². The van der Waals surface area contributed by atoms with Crippen LogP contribution in [0.3, 0.4) is 0 Å². The molecule has 0 saturated heterocycles. The maximum absolute atomic E-state index is 9.31. The van der Waals surface area contributed by atoms with Crippen molar-refractivity contribution in [1.82, 2.24) is 0 Å². The summed E-state index contributed by atoms with van der Waals surface area (Å²) in [5.41, 5.74) is 3.30. The van der Waals surface area contributed by atoms with Crippen LogP contribution in [-0.2, 0) is 5.41 Å². The lowest BCUT2D eigenvalue weighted by molar-refractivity contribution is 0.218. The van der Waals surface area contributed by atoms with Crippen molar-refractivity contribution >= 4 is 11.6 Å². The van der Waals surface area contributed by atoms with Gasteiger partial charge in [0.15, 0.2) is 0 Å². The van der Waals surface area contributed by atoms with Crippen molar-refractivity contribution in [2.45, 2.75) is 33.1 Å². The lowest BCUT2D eigenvalue weighted by Crippen LogP contribution is -2.23. The highest BCUT2D eigenvalue weighted by Crippen LogP contribution is 2.30. The van der Waals surface area contributed by atoms with Crippen LogP contribution in [0.1, 0.15) is 30.5 Å². The fourth-order valence-electron chi connectivity index (χ4n) is 1.60. The molecule has 1 aromatic rings. The van der Waals surface area contributed by atoms with Gasteiger partial charge in [-0.3, -0.25) is 0 Å².